The van der Waals surface area contributed by atoms with Crippen molar-refractivity contribution in [3.63, 3.8) is 0 Å². The lowest BCUT2D eigenvalue weighted by molar-refractivity contribution is -0.161. The van der Waals surface area contributed by atoms with Gasteiger partial charge >= 0.3 is 19.8 Å². The molecule has 0 fully saturated rings. The summed E-state index contributed by atoms with van der Waals surface area (Å²) in [4.78, 5) is 34.1. The Balaban J connectivity index is 4.15. The zero-order valence-corrected chi connectivity index (χ0v) is 27.8. The minimum absolute atomic E-state index is 0.228. The second-order valence-electron chi connectivity index (χ2n) is 10.9. The van der Waals surface area contributed by atoms with Crippen molar-refractivity contribution in [2.75, 3.05) is 20.3 Å². The standard InChI is InChI=1S/C33H61O8P/c1-4-6-8-10-12-14-16-17-18-20-22-24-26-28-33(35)41-31(30-40-42(36,37)38-3)29-39-32(34)27-25-23-21-19-15-13-11-9-7-5-2/h8,10,14,16,31H,4-7,9,11-13,15,17-30H2,1-3H3,(H,36,37)/b10-8-,16-14-. The minimum Gasteiger partial charge on any atom is -0.462 e. The number of allylic oxidation sites excluding steroid dienone is 4. The van der Waals surface area contributed by atoms with Crippen molar-refractivity contribution in [3.05, 3.63) is 24.3 Å². The van der Waals surface area contributed by atoms with Crippen LogP contribution in [0.25, 0.3) is 0 Å². The highest BCUT2D eigenvalue weighted by Crippen LogP contribution is 2.42. The minimum atomic E-state index is -4.25. The number of ether oxygens (including phenoxy) is 2. The third-order valence-corrected chi connectivity index (χ3v) is 7.87. The quantitative estimate of drug-likeness (QED) is 0.0368. The van der Waals surface area contributed by atoms with E-state index >= 15 is 0 Å². The molecule has 42 heavy (non-hydrogen) atoms. The van der Waals surface area contributed by atoms with Crippen molar-refractivity contribution in [2.45, 2.75) is 155 Å². The second kappa shape index (κ2) is 29.6. The molecule has 0 aromatic heterocycles. The smallest absolute Gasteiger partial charge is 0.462 e. The van der Waals surface area contributed by atoms with Gasteiger partial charge in [-0.1, -0.05) is 122 Å². The first kappa shape index (κ1) is 40.5. The van der Waals surface area contributed by atoms with Gasteiger partial charge in [0.1, 0.15) is 6.61 Å². The van der Waals surface area contributed by atoms with Crippen LogP contribution < -0.4 is 0 Å². The fourth-order valence-electron chi connectivity index (χ4n) is 4.34. The molecule has 0 saturated carbocycles. The molecular formula is C33H61O8P. The van der Waals surface area contributed by atoms with Gasteiger partial charge in [-0.15, -0.1) is 0 Å². The van der Waals surface area contributed by atoms with E-state index in [2.05, 4.69) is 42.7 Å². The molecule has 0 bridgehead atoms. The Morgan fingerprint density at radius 2 is 1.19 bits per heavy atom. The van der Waals surface area contributed by atoms with E-state index in [1.54, 1.807) is 0 Å². The Kier molecular flexibility index (Phi) is 28.6. The molecular weight excluding hydrogens is 555 g/mol. The Morgan fingerprint density at radius 3 is 1.76 bits per heavy atom. The molecule has 2 unspecified atom stereocenters. The molecule has 0 aliphatic rings. The number of phosphoric ester groups is 1. The lowest BCUT2D eigenvalue weighted by Crippen LogP contribution is -2.29. The van der Waals surface area contributed by atoms with Gasteiger partial charge in [0.2, 0.25) is 0 Å². The first-order valence-corrected chi connectivity index (χ1v) is 18.0. The fourth-order valence-corrected chi connectivity index (χ4v) is 4.80. The maximum absolute atomic E-state index is 12.4. The van der Waals surface area contributed by atoms with Gasteiger partial charge < -0.3 is 14.4 Å². The molecule has 9 heteroatoms. The molecule has 0 saturated heterocycles. The Morgan fingerprint density at radius 1 is 0.667 bits per heavy atom. The summed E-state index contributed by atoms with van der Waals surface area (Å²) in [6, 6.07) is 0. The van der Waals surface area contributed by atoms with E-state index in [0.29, 0.717) is 12.8 Å². The highest BCUT2D eigenvalue weighted by Gasteiger charge is 2.24. The Bertz CT molecular complexity index is 752. The summed E-state index contributed by atoms with van der Waals surface area (Å²) in [6.45, 7) is 3.77. The predicted octanol–water partition coefficient (Wildman–Crippen LogP) is 9.55. The van der Waals surface area contributed by atoms with E-state index in [4.69, 9.17) is 14.0 Å². The van der Waals surface area contributed by atoms with Crippen LogP contribution in [0.1, 0.15) is 149 Å². The summed E-state index contributed by atoms with van der Waals surface area (Å²) in [5.41, 5.74) is 0. The molecule has 0 aromatic rings. The maximum atomic E-state index is 12.4. The molecule has 0 heterocycles. The molecule has 0 radical (unpaired) electrons. The van der Waals surface area contributed by atoms with E-state index < -0.39 is 26.5 Å². The predicted molar refractivity (Wildman–Crippen MR) is 170 cm³/mol. The molecule has 0 spiro atoms. The molecule has 0 amide bonds. The van der Waals surface area contributed by atoms with Crippen molar-refractivity contribution in [1.29, 1.82) is 0 Å². The molecule has 0 aliphatic heterocycles. The summed E-state index contributed by atoms with van der Waals surface area (Å²) in [5, 5.41) is 0. The van der Waals surface area contributed by atoms with Crippen molar-refractivity contribution < 1.29 is 37.6 Å². The van der Waals surface area contributed by atoms with Crippen molar-refractivity contribution in [3.8, 4) is 0 Å². The molecule has 2 atom stereocenters. The van der Waals surface area contributed by atoms with Gasteiger partial charge in [0.25, 0.3) is 0 Å². The normalized spacial score (nSPS) is 13.9. The van der Waals surface area contributed by atoms with Gasteiger partial charge in [-0.05, 0) is 38.5 Å². The number of carbonyl (C=O) groups is 2. The zero-order chi connectivity index (χ0) is 31.2. The summed E-state index contributed by atoms with van der Waals surface area (Å²) in [5.74, 6) is -0.823. The third kappa shape index (κ3) is 28.6. The highest BCUT2D eigenvalue weighted by atomic mass is 31.2. The zero-order valence-electron chi connectivity index (χ0n) is 26.9. The van der Waals surface area contributed by atoms with Gasteiger partial charge in [-0.3, -0.25) is 18.6 Å². The topological polar surface area (TPSA) is 108 Å². The average Bonchev–Trinajstić information content (AvgIpc) is 2.97. The van der Waals surface area contributed by atoms with Crippen molar-refractivity contribution in [2.24, 2.45) is 0 Å². The number of phosphoric acid groups is 1. The largest absolute Gasteiger partial charge is 0.472 e. The van der Waals surface area contributed by atoms with E-state index in [-0.39, 0.29) is 19.0 Å². The SMILES string of the molecule is CCC/C=C\C/C=C\CCCCCCCC(=O)OC(COC(=O)CCCCCCCCCCCC)COP(=O)(O)OC. The Hall–Kier alpha value is -1.47. The summed E-state index contributed by atoms with van der Waals surface area (Å²) in [6.07, 6.45) is 29.4. The number of hydrogen-bond donors (Lipinski definition) is 1. The van der Waals surface area contributed by atoms with E-state index in [0.717, 1.165) is 71.3 Å². The van der Waals surface area contributed by atoms with Gasteiger partial charge in [0.15, 0.2) is 6.10 Å². The van der Waals surface area contributed by atoms with Crippen LogP contribution >= 0.6 is 7.82 Å². The van der Waals surface area contributed by atoms with Crippen LogP contribution in [0, 0.1) is 0 Å². The molecule has 0 rings (SSSR count). The van der Waals surface area contributed by atoms with Crippen LogP contribution in [0.15, 0.2) is 24.3 Å². The summed E-state index contributed by atoms with van der Waals surface area (Å²) >= 11 is 0. The fraction of sp³-hybridized carbons (Fsp3) is 0.818. The summed E-state index contributed by atoms with van der Waals surface area (Å²) < 4.78 is 31.7. The van der Waals surface area contributed by atoms with Crippen LogP contribution in [0.3, 0.4) is 0 Å². The van der Waals surface area contributed by atoms with Crippen LogP contribution in [0.4, 0.5) is 0 Å². The number of hydrogen-bond acceptors (Lipinski definition) is 7. The first-order chi connectivity index (χ1) is 20.3. The summed E-state index contributed by atoms with van der Waals surface area (Å²) in [7, 11) is -3.20. The lowest BCUT2D eigenvalue weighted by atomic mass is 10.1. The van der Waals surface area contributed by atoms with Crippen molar-refractivity contribution in [1.82, 2.24) is 0 Å². The first-order valence-electron chi connectivity index (χ1n) is 16.5. The number of unbranched alkanes of at least 4 members (excludes halogenated alkanes) is 15. The average molecular weight is 617 g/mol. The molecule has 0 aromatic carbocycles. The molecule has 246 valence electrons. The molecule has 8 nitrogen and oxygen atoms in total. The van der Waals surface area contributed by atoms with Gasteiger partial charge in [0, 0.05) is 20.0 Å². The highest BCUT2D eigenvalue weighted by molar-refractivity contribution is 7.47. The van der Waals surface area contributed by atoms with E-state index in [9.17, 15) is 19.0 Å². The molecule has 0 aliphatic carbocycles. The molecule has 1 N–H and O–H groups in total. The van der Waals surface area contributed by atoms with Crippen LogP contribution in [0.2, 0.25) is 0 Å². The number of rotatable bonds is 30. The third-order valence-electron chi connectivity index (χ3n) is 6.93. The Labute approximate surface area is 256 Å². The van der Waals surface area contributed by atoms with Crippen molar-refractivity contribution >= 4 is 19.8 Å². The lowest BCUT2D eigenvalue weighted by Gasteiger charge is -2.19. The van der Waals surface area contributed by atoms with E-state index in [1.165, 1.54) is 51.4 Å². The van der Waals surface area contributed by atoms with Crippen LogP contribution in [-0.2, 0) is 32.7 Å². The van der Waals surface area contributed by atoms with E-state index in [1.807, 2.05) is 0 Å². The monoisotopic (exact) mass is 616 g/mol. The maximum Gasteiger partial charge on any atom is 0.472 e. The number of esters is 2. The van der Waals surface area contributed by atoms with Gasteiger partial charge in [-0.25, -0.2) is 4.57 Å². The van der Waals surface area contributed by atoms with Gasteiger partial charge in [0.05, 0.1) is 6.61 Å². The van der Waals surface area contributed by atoms with Crippen LogP contribution in [0.5, 0.6) is 0 Å². The van der Waals surface area contributed by atoms with Gasteiger partial charge in [-0.2, -0.15) is 0 Å². The number of carbonyl (C=O) groups excluding carboxylic acids is 2. The van der Waals surface area contributed by atoms with Crippen LogP contribution in [-0.4, -0.2) is 43.3 Å². The second-order valence-corrected chi connectivity index (χ2v) is 12.5.